The molecule has 106 valence electrons. The molecule has 0 saturated heterocycles. The van der Waals surface area contributed by atoms with Crippen molar-refractivity contribution in [3.05, 3.63) is 53.6 Å². The molecule has 0 bridgehead atoms. The quantitative estimate of drug-likeness (QED) is 0.608. The van der Waals surface area contributed by atoms with Gasteiger partial charge in [-0.15, -0.1) is 0 Å². The number of hydrogen-bond donors (Lipinski definition) is 1. The van der Waals surface area contributed by atoms with Gasteiger partial charge in [-0.1, -0.05) is 37.2 Å². The van der Waals surface area contributed by atoms with Gasteiger partial charge in [-0.3, -0.25) is 0 Å². The molecule has 2 nitrogen and oxygen atoms in total. The van der Waals surface area contributed by atoms with Gasteiger partial charge in [0.15, 0.2) is 0 Å². The van der Waals surface area contributed by atoms with Gasteiger partial charge in [-0.2, -0.15) is 0 Å². The van der Waals surface area contributed by atoms with Crippen LogP contribution in [0.3, 0.4) is 0 Å². The van der Waals surface area contributed by atoms with Crippen molar-refractivity contribution in [3.8, 4) is 11.5 Å². The molecule has 0 amide bonds. The second kappa shape index (κ2) is 7.02. The van der Waals surface area contributed by atoms with E-state index in [-0.39, 0.29) is 5.92 Å². The van der Waals surface area contributed by atoms with Gasteiger partial charge < -0.3 is 9.84 Å². The van der Waals surface area contributed by atoms with Crippen LogP contribution in [0.1, 0.15) is 13.8 Å². The Labute approximate surface area is 128 Å². The number of thioether (sulfide) groups is 1. The maximum absolute atomic E-state index is 9.83. The lowest BCUT2D eigenvalue weighted by Crippen LogP contribution is -2.08. The fraction of sp³-hybridized carbons (Fsp3) is 0.250. The van der Waals surface area contributed by atoms with E-state index in [1.165, 1.54) is 11.8 Å². The Bertz CT molecular complexity index is 537. The predicted octanol–water partition coefficient (Wildman–Crippen LogP) is 5.20. The summed E-state index contributed by atoms with van der Waals surface area (Å²) in [5.74, 6) is 1.73. The largest absolute Gasteiger partial charge is 0.457 e. The summed E-state index contributed by atoms with van der Waals surface area (Å²) in [7, 11) is 0. The third-order valence-corrected chi connectivity index (χ3v) is 4.28. The Morgan fingerprint density at radius 2 is 1.45 bits per heavy atom. The molecule has 0 radical (unpaired) electrons. The van der Waals surface area contributed by atoms with Gasteiger partial charge in [-0.05, 0) is 54.4 Å². The van der Waals surface area contributed by atoms with Crippen molar-refractivity contribution >= 4 is 23.4 Å². The van der Waals surface area contributed by atoms with Crippen molar-refractivity contribution in [2.75, 3.05) is 0 Å². The highest BCUT2D eigenvalue weighted by atomic mass is 35.5. The van der Waals surface area contributed by atoms with Gasteiger partial charge in [-0.25, -0.2) is 0 Å². The molecule has 0 aromatic heterocycles. The molecule has 1 unspecified atom stereocenters. The van der Waals surface area contributed by atoms with Crippen LogP contribution in [0.2, 0.25) is 5.02 Å². The minimum atomic E-state index is -0.391. The van der Waals surface area contributed by atoms with Gasteiger partial charge in [0.25, 0.3) is 0 Å². The molecule has 0 aliphatic rings. The highest BCUT2D eigenvalue weighted by molar-refractivity contribution is 7.99. The minimum Gasteiger partial charge on any atom is -0.457 e. The SMILES string of the molecule is CC(C)C(O)Sc1ccc(Oc2ccc(Cl)cc2)cc1. The lowest BCUT2D eigenvalue weighted by atomic mass is 10.2. The van der Waals surface area contributed by atoms with Crippen molar-refractivity contribution in [1.29, 1.82) is 0 Å². The van der Waals surface area contributed by atoms with E-state index in [1.54, 1.807) is 12.1 Å². The first-order chi connectivity index (χ1) is 9.54. The van der Waals surface area contributed by atoms with Gasteiger partial charge in [0.1, 0.15) is 16.9 Å². The van der Waals surface area contributed by atoms with Gasteiger partial charge >= 0.3 is 0 Å². The summed E-state index contributed by atoms with van der Waals surface area (Å²) < 4.78 is 5.71. The Kier molecular flexibility index (Phi) is 5.35. The van der Waals surface area contributed by atoms with Crippen LogP contribution in [0, 0.1) is 5.92 Å². The Balaban J connectivity index is 1.99. The molecule has 20 heavy (non-hydrogen) atoms. The summed E-state index contributed by atoms with van der Waals surface area (Å²) >= 11 is 7.28. The van der Waals surface area contributed by atoms with E-state index in [0.29, 0.717) is 5.02 Å². The zero-order chi connectivity index (χ0) is 14.5. The van der Waals surface area contributed by atoms with E-state index >= 15 is 0 Å². The first-order valence-electron chi connectivity index (χ1n) is 6.43. The number of hydrogen-bond acceptors (Lipinski definition) is 3. The van der Waals surface area contributed by atoms with Crippen LogP contribution >= 0.6 is 23.4 Å². The molecule has 0 fully saturated rings. The molecule has 2 aromatic carbocycles. The lowest BCUT2D eigenvalue weighted by Gasteiger charge is -2.14. The zero-order valence-electron chi connectivity index (χ0n) is 11.4. The molecule has 1 N–H and O–H groups in total. The Hall–Kier alpha value is -1.16. The summed E-state index contributed by atoms with van der Waals surface area (Å²) in [6.07, 6.45) is 0. The maximum Gasteiger partial charge on any atom is 0.127 e. The van der Waals surface area contributed by atoms with E-state index < -0.39 is 5.44 Å². The van der Waals surface area contributed by atoms with Crippen LogP contribution in [-0.2, 0) is 0 Å². The number of aliphatic hydroxyl groups is 1. The molecular weight excluding hydrogens is 292 g/mol. The van der Waals surface area contributed by atoms with Crippen LogP contribution < -0.4 is 4.74 Å². The van der Waals surface area contributed by atoms with E-state index in [0.717, 1.165) is 16.4 Å². The maximum atomic E-state index is 9.83. The summed E-state index contributed by atoms with van der Waals surface area (Å²) in [6, 6.07) is 14.9. The fourth-order valence-corrected chi connectivity index (χ4v) is 2.47. The second-order valence-electron chi connectivity index (χ2n) is 4.78. The topological polar surface area (TPSA) is 29.5 Å². The molecule has 0 aliphatic heterocycles. The van der Waals surface area contributed by atoms with Crippen LogP contribution in [0.4, 0.5) is 0 Å². The number of rotatable bonds is 5. The average molecular weight is 309 g/mol. The van der Waals surface area contributed by atoms with Crippen LogP contribution in [0.15, 0.2) is 53.4 Å². The van der Waals surface area contributed by atoms with Crippen LogP contribution in [0.25, 0.3) is 0 Å². The molecule has 0 heterocycles. The summed E-state index contributed by atoms with van der Waals surface area (Å²) in [5, 5.41) is 10.5. The van der Waals surface area contributed by atoms with Gasteiger partial charge in [0.2, 0.25) is 0 Å². The molecule has 0 aliphatic carbocycles. The Morgan fingerprint density at radius 3 is 1.95 bits per heavy atom. The summed E-state index contributed by atoms with van der Waals surface area (Å²) in [6.45, 7) is 3.99. The van der Waals surface area contributed by atoms with E-state index in [2.05, 4.69) is 0 Å². The predicted molar refractivity (Wildman–Crippen MR) is 84.7 cm³/mol. The summed E-state index contributed by atoms with van der Waals surface area (Å²) in [5.41, 5.74) is -0.391. The zero-order valence-corrected chi connectivity index (χ0v) is 13.0. The van der Waals surface area contributed by atoms with Crippen molar-refractivity contribution in [2.45, 2.75) is 24.2 Å². The van der Waals surface area contributed by atoms with Gasteiger partial charge in [0.05, 0.1) is 0 Å². The normalized spacial score (nSPS) is 12.4. The lowest BCUT2D eigenvalue weighted by molar-refractivity contribution is 0.212. The minimum absolute atomic E-state index is 0.227. The molecule has 2 rings (SSSR count). The molecular formula is C16H17ClO2S. The smallest absolute Gasteiger partial charge is 0.127 e. The van der Waals surface area contributed by atoms with Crippen molar-refractivity contribution in [2.24, 2.45) is 5.92 Å². The third kappa shape index (κ3) is 4.44. The first kappa shape index (κ1) is 15.2. The number of ether oxygens (including phenoxy) is 1. The first-order valence-corrected chi connectivity index (χ1v) is 7.68. The standard InChI is InChI=1S/C16H17ClO2S/c1-11(2)16(18)20-15-9-7-14(8-10-15)19-13-5-3-12(17)4-6-13/h3-11,16,18H,1-2H3. The number of halogens is 1. The molecule has 4 heteroatoms. The van der Waals surface area contributed by atoms with Crippen molar-refractivity contribution in [1.82, 2.24) is 0 Å². The molecule has 2 aromatic rings. The number of aliphatic hydroxyl groups excluding tert-OH is 1. The van der Waals surface area contributed by atoms with E-state index in [1.807, 2.05) is 50.2 Å². The van der Waals surface area contributed by atoms with Crippen LogP contribution in [0.5, 0.6) is 11.5 Å². The highest BCUT2D eigenvalue weighted by Crippen LogP contribution is 2.29. The average Bonchev–Trinajstić information content (AvgIpc) is 2.43. The number of benzene rings is 2. The fourth-order valence-electron chi connectivity index (χ4n) is 1.50. The third-order valence-electron chi connectivity index (χ3n) is 2.70. The summed E-state index contributed by atoms with van der Waals surface area (Å²) in [4.78, 5) is 1.02. The van der Waals surface area contributed by atoms with E-state index in [4.69, 9.17) is 16.3 Å². The second-order valence-corrected chi connectivity index (χ2v) is 6.41. The van der Waals surface area contributed by atoms with Crippen LogP contribution in [-0.4, -0.2) is 10.5 Å². The highest BCUT2D eigenvalue weighted by Gasteiger charge is 2.10. The molecule has 1 atom stereocenters. The van der Waals surface area contributed by atoms with Crippen molar-refractivity contribution < 1.29 is 9.84 Å². The Morgan fingerprint density at radius 1 is 0.950 bits per heavy atom. The molecule has 0 saturated carbocycles. The van der Waals surface area contributed by atoms with Gasteiger partial charge in [0, 0.05) is 9.92 Å². The monoisotopic (exact) mass is 308 g/mol. The molecule has 0 spiro atoms. The van der Waals surface area contributed by atoms with E-state index in [9.17, 15) is 5.11 Å². The van der Waals surface area contributed by atoms with Crippen molar-refractivity contribution in [3.63, 3.8) is 0 Å².